The van der Waals surface area contributed by atoms with Crippen LogP contribution in [0.15, 0.2) is 30.6 Å². The Bertz CT molecular complexity index is 568. The Kier molecular flexibility index (Phi) is 3.83. The van der Waals surface area contributed by atoms with E-state index in [9.17, 15) is 0 Å². The summed E-state index contributed by atoms with van der Waals surface area (Å²) in [7, 11) is 0. The number of para-hydroxylation sites is 2. The van der Waals surface area contributed by atoms with Crippen LogP contribution >= 0.6 is 0 Å². The van der Waals surface area contributed by atoms with E-state index in [1.807, 2.05) is 24.3 Å². The molecular weight excluding hydrogens is 254 g/mol. The van der Waals surface area contributed by atoms with Gasteiger partial charge < -0.3 is 15.0 Å². The SMILES string of the molecule is Nc1ccccc1OCCCN1CCn2cnnc2C1. The Morgan fingerprint density at radius 1 is 1.25 bits per heavy atom. The van der Waals surface area contributed by atoms with Crippen LogP contribution in [0.1, 0.15) is 12.2 Å². The van der Waals surface area contributed by atoms with Gasteiger partial charge in [-0.15, -0.1) is 10.2 Å². The lowest BCUT2D eigenvalue weighted by molar-refractivity contribution is 0.195. The van der Waals surface area contributed by atoms with Gasteiger partial charge in [0.1, 0.15) is 17.9 Å². The summed E-state index contributed by atoms with van der Waals surface area (Å²) >= 11 is 0. The fourth-order valence-electron chi connectivity index (χ4n) is 2.39. The van der Waals surface area contributed by atoms with Crippen LogP contribution in [-0.4, -0.2) is 39.4 Å². The molecule has 0 saturated carbocycles. The predicted molar refractivity (Wildman–Crippen MR) is 76.3 cm³/mol. The number of anilines is 1. The standard InChI is InChI=1S/C14H19N5O/c15-12-4-1-2-5-13(12)20-9-3-6-18-7-8-19-11-16-17-14(19)10-18/h1-2,4-5,11H,3,6-10,15H2. The molecule has 0 saturated heterocycles. The molecule has 1 aliphatic rings. The molecule has 0 atom stereocenters. The second-order valence-corrected chi connectivity index (χ2v) is 4.96. The maximum absolute atomic E-state index is 5.83. The molecule has 1 aromatic heterocycles. The van der Waals surface area contributed by atoms with Gasteiger partial charge in [0, 0.05) is 19.6 Å². The molecule has 0 amide bonds. The molecule has 2 aromatic rings. The van der Waals surface area contributed by atoms with Crippen molar-refractivity contribution in [2.45, 2.75) is 19.5 Å². The first kappa shape index (κ1) is 12.9. The molecule has 1 aromatic carbocycles. The number of aromatic nitrogens is 3. The molecule has 2 N–H and O–H groups in total. The summed E-state index contributed by atoms with van der Waals surface area (Å²) in [6, 6.07) is 7.60. The molecule has 6 nitrogen and oxygen atoms in total. The summed E-state index contributed by atoms with van der Waals surface area (Å²) in [6.07, 6.45) is 2.77. The van der Waals surface area contributed by atoms with Gasteiger partial charge >= 0.3 is 0 Å². The number of nitrogens with two attached hydrogens (primary N) is 1. The van der Waals surface area contributed by atoms with E-state index in [-0.39, 0.29) is 0 Å². The van der Waals surface area contributed by atoms with Crippen molar-refractivity contribution >= 4 is 5.69 Å². The molecule has 0 spiro atoms. The average Bonchev–Trinajstić information content (AvgIpc) is 2.93. The highest BCUT2D eigenvalue weighted by atomic mass is 16.5. The fourth-order valence-corrected chi connectivity index (χ4v) is 2.39. The van der Waals surface area contributed by atoms with Crippen LogP contribution in [0, 0.1) is 0 Å². The summed E-state index contributed by atoms with van der Waals surface area (Å²) in [5.74, 6) is 1.82. The number of benzene rings is 1. The highest BCUT2D eigenvalue weighted by molar-refractivity contribution is 5.51. The maximum Gasteiger partial charge on any atom is 0.147 e. The molecule has 0 fully saturated rings. The van der Waals surface area contributed by atoms with Crippen molar-refractivity contribution in [2.24, 2.45) is 0 Å². The summed E-state index contributed by atoms with van der Waals surface area (Å²) in [6.45, 7) is 4.55. The second-order valence-electron chi connectivity index (χ2n) is 4.96. The van der Waals surface area contributed by atoms with Crippen molar-refractivity contribution in [1.82, 2.24) is 19.7 Å². The van der Waals surface area contributed by atoms with E-state index >= 15 is 0 Å². The molecule has 0 aliphatic carbocycles. The van der Waals surface area contributed by atoms with Crippen molar-refractivity contribution in [3.05, 3.63) is 36.4 Å². The molecule has 2 heterocycles. The second kappa shape index (κ2) is 5.92. The Labute approximate surface area is 118 Å². The quantitative estimate of drug-likeness (QED) is 0.653. The number of ether oxygens (including phenoxy) is 1. The van der Waals surface area contributed by atoms with Gasteiger partial charge in [0.25, 0.3) is 0 Å². The zero-order valence-electron chi connectivity index (χ0n) is 11.4. The largest absolute Gasteiger partial charge is 0.491 e. The van der Waals surface area contributed by atoms with E-state index in [4.69, 9.17) is 10.5 Å². The van der Waals surface area contributed by atoms with Gasteiger partial charge in [-0.3, -0.25) is 4.90 Å². The van der Waals surface area contributed by atoms with Crippen molar-refractivity contribution in [2.75, 3.05) is 25.4 Å². The van der Waals surface area contributed by atoms with E-state index in [0.717, 1.165) is 44.2 Å². The molecule has 0 unspecified atom stereocenters. The monoisotopic (exact) mass is 273 g/mol. The van der Waals surface area contributed by atoms with E-state index in [1.165, 1.54) is 0 Å². The molecule has 6 heteroatoms. The fraction of sp³-hybridized carbons (Fsp3) is 0.429. The third kappa shape index (κ3) is 2.91. The Morgan fingerprint density at radius 2 is 2.15 bits per heavy atom. The van der Waals surface area contributed by atoms with Gasteiger partial charge in [-0.1, -0.05) is 12.1 Å². The molecule has 20 heavy (non-hydrogen) atoms. The van der Waals surface area contributed by atoms with Crippen molar-refractivity contribution < 1.29 is 4.74 Å². The number of hydrogen-bond acceptors (Lipinski definition) is 5. The Hall–Kier alpha value is -2.08. The number of nitrogens with zero attached hydrogens (tertiary/aromatic N) is 4. The first-order chi connectivity index (χ1) is 9.83. The van der Waals surface area contributed by atoms with E-state index in [1.54, 1.807) is 6.33 Å². The zero-order valence-corrected chi connectivity index (χ0v) is 11.4. The molecule has 1 aliphatic heterocycles. The van der Waals surface area contributed by atoms with Crippen LogP contribution in [0.2, 0.25) is 0 Å². The van der Waals surface area contributed by atoms with Gasteiger partial charge in [-0.2, -0.15) is 0 Å². The van der Waals surface area contributed by atoms with Crippen LogP contribution in [0.5, 0.6) is 5.75 Å². The highest BCUT2D eigenvalue weighted by Crippen LogP contribution is 2.19. The number of rotatable bonds is 5. The minimum Gasteiger partial charge on any atom is -0.491 e. The van der Waals surface area contributed by atoms with Gasteiger partial charge in [0.15, 0.2) is 0 Å². The Balaban J connectivity index is 1.42. The molecular formula is C14H19N5O. The maximum atomic E-state index is 5.83. The lowest BCUT2D eigenvalue weighted by Gasteiger charge is -2.26. The van der Waals surface area contributed by atoms with E-state index in [0.29, 0.717) is 12.3 Å². The highest BCUT2D eigenvalue weighted by Gasteiger charge is 2.16. The Morgan fingerprint density at radius 3 is 3.05 bits per heavy atom. The minimum absolute atomic E-state index is 0.678. The first-order valence-corrected chi connectivity index (χ1v) is 6.89. The predicted octanol–water partition coefficient (Wildman–Crippen LogP) is 1.14. The lowest BCUT2D eigenvalue weighted by Crippen LogP contribution is -2.34. The number of fused-ring (bicyclic) bond motifs is 1. The van der Waals surface area contributed by atoms with Crippen molar-refractivity contribution in [3.63, 3.8) is 0 Å². The van der Waals surface area contributed by atoms with Gasteiger partial charge in [-0.25, -0.2) is 0 Å². The molecule has 0 radical (unpaired) electrons. The van der Waals surface area contributed by atoms with Gasteiger partial charge in [0.05, 0.1) is 18.8 Å². The minimum atomic E-state index is 0.678. The third-order valence-corrected chi connectivity index (χ3v) is 3.51. The first-order valence-electron chi connectivity index (χ1n) is 6.89. The summed E-state index contributed by atoms with van der Waals surface area (Å²) in [4.78, 5) is 2.38. The van der Waals surface area contributed by atoms with E-state index in [2.05, 4.69) is 19.7 Å². The smallest absolute Gasteiger partial charge is 0.147 e. The summed E-state index contributed by atoms with van der Waals surface area (Å²) in [5.41, 5.74) is 6.53. The van der Waals surface area contributed by atoms with Gasteiger partial charge in [0.2, 0.25) is 0 Å². The van der Waals surface area contributed by atoms with Crippen LogP contribution in [0.4, 0.5) is 5.69 Å². The summed E-state index contributed by atoms with van der Waals surface area (Å²) < 4.78 is 7.81. The summed E-state index contributed by atoms with van der Waals surface area (Å²) in [5, 5.41) is 8.05. The lowest BCUT2D eigenvalue weighted by atomic mass is 10.3. The van der Waals surface area contributed by atoms with E-state index < -0.39 is 0 Å². The van der Waals surface area contributed by atoms with Gasteiger partial charge in [-0.05, 0) is 18.6 Å². The average molecular weight is 273 g/mol. The van der Waals surface area contributed by atoms with Crippen molar-refractivity contribution in [1.29, 1.82) is 0 Å². The van der Waals surface area contributed by atoms with Crippen LogP contribution < -0.4 is 10.5 Å². The normalized spacial score (nSPS) is 15.0. The van der Waals surface area contributed by atoms with Crippen molar-refractivity contribution in [3.8, 4) is 5.75 Å². The molecule has 3 rings (SSSR count). The van der Waals surface area contributed by atoms with Crippen LogP contribution in [0.3, 0.4) is 0 Å². The van der Waals surface area contributed by atoms with Crippen LogP contribution in [0.25, 0.3) is 0 Å². The molecule has 106 valence electrons. The number of hydrogen-bond donors (Lipinski definition) is 1. The van der Waals surface area contributed by atoms with Crippen LogP contribution in [-0.2, 0) is 13.1 Å². The zero-order chi connectivity index (χ0) is 13.8. The molecule has 0 bridgehead atoms. The number of nitrogen functional groups attached to an aromatic ring is 1. The third-order valence-electron chi connectivity index (χ3n) is 3.51. The topological polar surface area (TPSA) is 69.2 Å².